The van der Waals surface area contributed by atoms with Gasteiger partial charge in [-0.3, -0.25) is 4.90 Å². The number of thioether (sulfide) groups is 1. The number of ether oxygens (including phenoxy) is 1. The molecule has 1 heterocycles. The number of rotatable bonds is 4. The number of hydrogen-bond acceptors (Lipinski definition) is 4. The maximum Gasteiger partial charge on any atom is 0.119 e. The molecule has 2 aromatic rings. The van der Waals surface area contributed by atoms with Crippen molar-refractivity contribution in [2.45, 2.75) is 18.0 Å². The van der Waals surface area contributed by atoms with Crippen molar-refractivity contribution in [1.29, 1.82) is 0 Å². The van der Waals surface area contributed by atoms with Crippen LogP contribution in [0.2, 0.25) is 0 Å². The monoisotopic (exact) mass is 327 g/mol. The Morgan fingerprint density at radius 2 is 2.17 bits per heavy atom. The second-order valence-electron chi connectivity index (χ2n) is 5.68. The van der Waals surface area contributed by atoms with Gasteiger partial charge in [-0.2, -0.15) is 0 Å². The maximum absolute atomic E-state index is 9.56. The van der Waals surface area contributed by atoms with Crippen molar-refractivity contribution in [3.05, 3.63) is 65.7 Å². The van der Waals surface area contributed by atoms with Gasteiger partial charge in [-0.05, 0) is 35.4 Å². The summed E-state index contributed by atoms with van der Waals surface area (Å²) in [6.45, 7) is 6.40. The van der Waals surface area contributed by atoms with Gasteiger partial charge in [0.25, 0.3) is 0 Å². The third kappa shape index (κ3) is 3.89. The first-order valence-electron chi connectivity index (χ1n) is 7.65. The molecular weight excluding hydrogens is 306 g/mol. The van der Waals surface area contributed by atoms with Gasteiger partial charge in [0.2, 0.25) is 0 Å². The number of benzene rings is 2. The van der Waals surface area contributed by atoms with Crippen LogP contribution in [0, 0.1) is 0 Å². The van der Waals surface area contributed by atoms with E-state index in [1.165, 1.54) is 16.0 Å². The first-order valence-corrected chi connectivity index (χ1v) is 8.63. The first kappa shape index (κ1) is 16.0. The van der Waals surface area contributed by atoms with Crippen LogP contribution in [0.25, 0.3) is 5.76 Å². The Kier molecular flexibility index (Phi) is 4.94. The van der Waals surface area contributed by atoms with E-state index in [1.807, 2.05) is 36.0 Å². The first-order chi connectivity index (χ1) is 11.2. The van der Waals surface area contributed by atoms with Crippen LogP contribution in [0.1, 0.15) is 16.7 Å². The van der Waals surface area contributed by atoms with E-state index in [9.17, 15) is 5.11 Å². The Hall–Kier alpha value is -1.91. The van der Waals surface area contributed by atoms with Crippen molar-refractivity contribution in [1.82, 2.24) is 4.90 Å². The fraction of sp³-hybridized carbons (Fsp3) is 0.263. The fourth-order valence-corrected chi connectivity index (χ4v) is 3.84. The molecule has 0 unspecified atom stereocenters. The zero-order valence-corrected chi connectivity index (χ0v) is 14.1. The second-order valence-corrected chi connectivity index (χ2v) is 6.82. The molecule has 23 heavy (non-hydrogen) atoms. The van der Waals surface area contributed by atoms with Crippen molar-refractivity contribution in [3.63, 3.8) is 0 Å². The normalized spacial score (nSPS) is 14.8. The summed E-state index contributed by atoms with van der Waals surface area (Å²) in [6, 6.07) is 14.3. The van der Waals surface area contributed by atoms with Crippen LogP contribution < -0.4 is 4.74 Å². The van der Waals surface area contributed by atoms with Crippen LogP contribution in [-0.4, -0.2) is 29.4 Å². The Morgan fingerprint density at radius 1 is 1.30 bits per heavy atom. The SMILES string of the molecule is C=C(O)c1cccc(CN2CCSc3ccc(OC)cc3C2)c1. The van der Waals surface area contributed by atoms with E-state index in [0.717, 1.165) is 36.7 Å². The van der Waals surface area contributed by atoms with E-state index in [-0.39, 0.29) is 5.76 Å². The van der Waals surface area contributed by atoms with E-state index >= 15 is 0 Å². The standard InChI is InChI=1S/C19H21NO2S/c1-14(21)16-5-3-4-15(10-16)12-20-8-9-23-19-7-6-18(22-2)11-17(19)13-20/h3-7,10-11,21H,1,8-9,12-13H2,2H3. The third-order valence-corrected chi connectivity index (χ3v) is 5.09. The van der Waals surface area contributed by atoms with Crippen molar-refractivity contribution in [2.75, 3.05) is 19.4 Å². The Morgan fingerprint density at radius 3 is 2.96 bits per heavy atom. The second kappa shape index (κ2) is 7.11. The van der Waals surface area contributed by atoms with Gasteiger partial charge in [0.15, 0.2) is 0 Å². The van der Waals surface area contributed by atoms with Crippen LogP contribution in [0.4, 0.5) is 0 Å². The minimum absolute atomic E-state index is 0.119. The molecule has 0 amide bonds. The number of nitrogens with zero attached hydrogens (tertiary/aromatic N) is 1. The lowest BCUT2D eigenvalue weighted by Crippen LogP contribution is -2.24. The summed E-state index contributed by atoms with van der Waals surface area (Å²) >= 11 is 1.90. The number of methoxy groups -OCH3 is 1. The van der Waals surface area contributed by atoms with Gasteiger partial charge in [-0.1, -0.05) is 24.8 Å². The molecule has 0 aliphatic carbocycles. The van der Waals surface area contributed by atoms with E-state index in [0.29, 0.717) is 0 Å². The smallest absolute Gasteiger partial charge is 0.119 e. The zero-order valence-electron chi connectivity index (χ0n) is 13.3. The van der Waals surface area contributed by atoms with Gasteiger partial charge in [-0.25, -0.2) is 0 Å². The van der Waals surface area contributed by atoms with E-state index < -0.39 is 0 Å². The van der Waals surface area contributed by atoms with Crippen molar-refractivity contribution >= 4 is 17.5 Å². The Bertz CT molecular complexity index is 714. The molecule has 0 spiro atoms. The highest BCUT2D eigenvalue weighted by molar-refractivity contribution is 7.99. The average Bonchev–Trinajstić information content (AvgIpc) is 2.75. The molecule has 0 aromatic heterocycles. The molecule has 0 saturated carbocycles. The molecule has 4 heteroatoms. The van der Waals surface area contributed by atoms with E-state index in [1.54, 1.807) is 7.11 Å². The molecule has 1 aliphatic heterocycles. The molecule has 0 atom stereocenters. The summed E-state index contributed by atoms with van der Waals surface area (Å²) in [5.41, 5.74) is 3.29. The van der Waals surface area contributed by atoms with Crippen LogP contribution in [0.3, 0.4) is 0 Å². The van der Waals surface area contributed by atoms with Gasteiger partial charge in [0, 0.05) is 35.8 Å². The average molecular weight is 327 g/mol. The molecule has 0 radical (unpaired) electrons. The molecule has 0 bridgehead atoms. The van der Waals surface area contributed by atoms with Crippen LogP contribution >= 0.6 is 11.8 Å². The number of hydrogen-bond donors (Lipinski definition) is 1. The fourth-order valence-electron chi connectivity index (χ4n) is 2.79. The molecule has 1 N–H and O–H groups in total. The lowest BCUT2D eigenvalue weighted by molar-refractivity contribution is 0.273. The van der Waals surface area contributed by atoms with Crippen LogP contribution in [0.15, 0.2) is 53.9 Å². The topological polar surface area (TPSA) is 32.7 Å². The summed E-state index contributed by atoms with van der Waals surface area (Å²) < 4.78 is 5.35. The van der Waals surface area contributed by atoms with E-state index in [4.69, 9.17) is 4.74 Å². The van der Waals surface area contributed by atoms with Crippen molar-refractivity contribution in [3.8, 4) is 5.75 Å². The van der Waals surface area contributed by atoms with Crippen LogP contribution in [0.5, 0.6) is 5.75 Å². The summed E-state index contributed by atoms with van der Waals surface area (Å²) in [6.07, 6.45) is 0. The molecule has 120 valence electrons. The molecule has 3 nitrogen and oxygen atoms in total. The number of fused-ring (bicyclic) bond motifs is 1. The van der Waals surface area contributed by atoms with Crippen molar-refractivity contribution in [2.24, 2.45) is 0 Å². The quantitative estimate of drug-likeness (QED) is 0.847. The molecule has 0 fully saturated rings. The summed E-state index contributed by atoms with van der Waals surface area (Å²) in [5.74, 6) is 2.10. The molecule has 0 saturated heterocycles. The maximum atomic E-state index is 9.56. The number of aliphatic hydroxyl groups excluding tert-OH is 1. The zero-order chi connectivity index (χ0) is 16.2. The van der Waals surface area contributed by atoms with Gasteiger partial charge in [0.05, 0.1) is 7.11 Å². The summed E-state index contributed by atoms with van der Waals surface area (Å²) in [4.78, 5) is 3.77. The van der Waals surface area contributed by atoms with Crippen molar-refractivity contribution < 1.29 is 9.84 Å². The van der Waals surface area contributed by atoms with Gasteiger partial charge < -0.3 is 9.84 Å². The minimum Gasteiger partial charge on any atom is -0.508 e. The minimum atomic E-state index is 0.119. The number of aliphatic hydroxyl groups is 1. The highest BCUT2D eigenvalue weighted by Gasteiger charge is 2.16. The largest absolute Gasteiger partial charge is 0.508 e. The Balaban J connectivity index is 1.78. The van der Waals surface area contributed by atoms with Crippen LogP contribution in [-0.2, 0) is 13.1 Å². The highest BCUT2D eigenvalue weighted by atomic mass is 32.2. The molecular formula is C19H21NO2S. The lowest BCUT2D eigenvalue weighted by atomic mass is 10.1. The third-order valence-electron chi connectivity index (χ3n) is 3.99. The van der Waals surface area contributed by atoms with Gasteiger partial charge >= 0.3 is 0 Å². The van der Waals surface area contributed by atoms with Gasteiger partial charge in [-0.15, -0.1) is 11.8 Å². The van der Waals surface area contributed by atoms with E-state index in [2.05, 4.69) is 29.7 Å². The lowest BCUT2D eigenvalue weighted by Gasteiger charge is -2.20. The Labute approximate surface area is 141 Å². The molecule has 2 aromatic carbocycles. The highest BCUT2D eigenvalue weighted by Crippen LogP contribution is 2.31. The summed E-state index contributed by atoms with van der Waals surface area (Å²) in [5, 5.41) is 9.56. The van der Waals surface area contributed by atoms with Gasteiger partial charge in [0.1, 0.15) is 11.5 Å². The predicted molar refractivity (Wildman–Crippen MR) is 95.9 cm³/mol. The molecule has 1 aliphatic rings. The summed E-state index contributed by atoms with van der Waals surface area (Å²) in [7, 11) is 1.70. The predicted octanol–water partition coefficient (Wildman–Crippen LogP) is 4.33. The molecule has 3 rings (SSSR count).